The molecule has 0 atom stereocenters. The zero-order valence-corrected chi connectivity index (χ0v) is 15.2. The third-order valence-electron chi connectivity index (χ3n) is 4.05. The molecule has 0 aliphatic heterocycles. The lowest BCUT2D eigenvalue weighted by Crippen LogP contribution is -2.33. The Morgan fingerprint density at radius 2 is 1.78 bits per heavy atom. The number of Topliss-reactive ketones (excluding diaryl/α,β-unsaturated/α-hetero) is 1. The van der Waals surface area contributed by atoms with Gasteiger partial charge in [-0.2, -0.15) is 0 Å². The minimum Gasteiger partial charge on any atom is -0.366 e. The topological polar surface area (TPSA) is 125 Å². The van der Waals surface area contributed by atoms with Crippen LogP contribution in [0.4, 0.5) is 5.69 Å². The Labute approximate surface area is 156 Å². The van der Waals surface area contributed by atoms with Crippen molar-refractivity contribution in [3.05, 3.63) is 53.3 Å². The molecular formula is C19H22N4O4. The van der Waals surface area contributed by atoms with Crippen molar-refractivity contribution in [3.63, 3.8) is 0 Å². The van der Waals surface area contributed by atoms with Gasteiger partial charge in [0, 0.05) is 42.5 Å². The van der Waals surface area contributed by atoms with Crippen LogP contribution in [0.5, 0.6) is 0 Å². The predicted molar refractivity (Wildman–Crippen MR) is 101 cm³/mol. The van der Waals surface area contributed by atoms with E-state index >= 15 is 0 Å². The summed E-state index contributed by atoms with van der Waals surface area (Å²) in [7, 11) is 0. The van der Waals surface area contributed by atoms with Crippen LogP contribution in [0, 0.1) is 0 Å². The zero-order valence-electron chi connectivity index (χ0n) is 15.2. The fraction of sp³-hybridized carbons (Fsp3) is 0.263. The van der Waals surface area contributed by atoms with Gasteiger partial charge in [0.05, 0.1) is 0 Å². The van der Waals surface area contributed by atoms with Gasteiger partial charge in [-0.15, -0.1) is 0 Å². The Morgan fingerprint density at radius 1 is 1.11 bits per heavy atom. The van der Waals surface area contributed by atoms with Crippen LogP contribution >= 0.6 is 0 Å². The highest BCUT2D eigenvalue weighted by molar-refractivity contribution is 5.99. The van der Waals surface area contributed by atoms with Crippen molar-refractivity contribution >= 4 is 29.2 Å². The first-order valence-electron chi connectivity index (χ1n) is 8.50. The number of amides is 3. The van der Waals surface area contributed by atoms with Crippen molar-refractivity contribution in [2.45, 2.75) is 20.3 Å². The molecule has 0 saturated carbocycles. The number of hydrogen-bond acceptors (Lipinski definition) is 4. The van der Waals surface area contributed by atoms with Crippen molar-refractivity contribution in [1.82, 2.24) is 9.88 Å². The summed E-state index contributed by atoms with van der Waals surface area (Å²) in [6.07, 6.45) is 1.60. The van der Waals surface area contributed by atoms with E-state index in [1.807, 2.05) is 6.92 Å². The minimum absolute atomic E-state index is 0.109. The van der Waals surface area contributed by atoms with E-state index in [0.717, 1.165) is 0 Å². The number of aromatic amines is 1. The van der Waals surface area contributed by atoms with E-state index < -0.39 is 5.91 Å². The van der Waals surface area contributed by atoms with Gasteiger partial charge in [0.15, 0.2) is 5.78 Å². The van der Waals surface area contributed by atoms with Crippen LogP contribution in [0.2, 0.25) is 0 Å². The quantitative estimate of drug-likeness (QED) is 0.613. The van der Waals surface area contributed by atoms with Gasteiger partial charge in [0.1, 0.15) is 5.69 Å². The molecule has 4 N–H and O–H groups in total. The summed E-state index contributed by atoms with van der Waals surface area (Å²) in [5.41, 5.74) is 6.81. The lowest BCUT2D eigenvalue weighted by atomic mass is 10.2. The molecule has 0 unspecified atom stereocenters. The Hall–Kier alpha value is -3.42. The number of rotatable bonds is 8. The third-order valence-corrected chi connectivity index (χ3v) is 4.05. The summed E-state index contributed by atoms with van der Waals surface area (Å²) in [6.45, 7) is 3.89. The van der Waals surface area contributed by atoms with Crippen molar-refractivity contribution < 1.29 is 19.2 Å². The second-order valence-electron chi connectivity index (χ2n) is 5.98. The smallest absolute Gasteiger partial charge is 0.270 e. The predicted octanol–water partition coefficient (Wildman–Crippen LogP) is 1.81. The average molecular weight is 370 g/mol. The normalized spacial score (nSPS) is 10.3. The Morgan fingerprint density at radius 3 is 2.30 bits per heavy atom. The van der Waals surface area contributed by atoms with Gasteiger partial charge >= 0.3 is 0 Å². The molecule has 0 saturated heterocycles. The third kappa shape index (κ3) is 5.27. The molecule has 0 spiro atoms. The molecule has 8 heteroatoms. The maximum Gasteiger partial charge on any atom is 0.270 e. The van der Waals surface area contributed by atoms with E-state index in [-0.39, 0.29) is 30.6 Å². The van der Waals surface area contributed by atoms with E-state index in [4.69, 9.17) is 5.73 Å². The van der Waals surface area contributed by atoms with E-state index in [0.29, 0.717) is 29.1 Å². The number of primary amides is 1. The summed E-state index contributed by atoms with van der Waals surface area (Å²) in [4.78, 5) is 51.3. The highest BCUT2D eigenvalue weighted by Gasteiger charge is 2.18. The number of nitrogens with two attached hydrogens (primary N) is 1. The molecule has 0 fully saturated rings. The number of carbonyl (C=O) groups is 4. The molecule has 1 aromatic heterocycles. The summed E-state index contributed by atoms with van der Waals surface area (Å²) < 4.78 is 0. The molecule has 2 rings (SSSR count). The van der Waals surface area contributed by atoms with E-state index in [2.05, 4.69) is 10.3 Å². The fourth-order valence-corrected chi connectivity index (χ4v) is 2.47. The molecule has 0 radical (unpaired) electrons. The second-order valence-corrected chi connectivity index (χ2v) is 5.98. The number of hydrogen-bond donors (Lipinski definition) is 3. The van der Waals surface area contributed by atoms with Crippen LogP contribution in [0.1, 0.15) is 51.5 Å². The monoisotopic (exact) mass is 370 g/mol. The van der Waals surface area contributed by atoms with Crippen LogP contribution in [0.3, 0.4) is 0 Å². The van der Waals surface area contributed by atoms with Crippen molar-refractivity contribution in [3.8, 4) is 0 Å². The highest BCUT2D eigenvalue weighted by Crippen LogP contribution is 2.11. The molecule has 0 aliphatic carbocycles. The van der Waals surface area contributed by atoms with Gasteiger partial charge in [-0.05, 0) is 44.2 Å². The van der Waals surface area contributed by atoms with Crippen LogP contribution in [-0.2, 0) is 4.79 Å². The number of ketones is 1. The summed E-state index contributed by atoms with van der Waals surface area (Å²) in [5, 5.41) is 2.70. The molecule has 0 bridgehead atoms. The number of benzene rings is 1. The van der Waals surface area contributed by atoms with Crippen molar-refractivity contribution in [2.75, 3.05) is 18.4 Å². The molecule has 27 heavy (non-hydrogen) atoms. The Bertz CT molecular complexity index is 855. The standard InChI is InChI=1S/C19H22N4O4/c1-3-23(19(27)16-10-14(11-21-16)12(2)24)9-8-17(25)22-15-6-4-13(5-7-15)18(20)26/h4-7,10-11,21H,3,8-9H2,1-2H3,(H2,20,26)(H,22,25). The number of nitrogens with zero attached hydrogens (tertiary/aromatic N) is 1. The number of nitrogens with one attached hydrogen (secondary N) is 2. The van der Waals surface area contributed by atoms with Gasteiger partial charge < -0.3 is 20.9 Å². The lowest BCUT2D eigenvalue weighted by Gasteiger charge is -2.20. The van der Waals surface area contributed by atoms with Crippen LogP contribution < -0.4 is 11.1 Å². The van der Waals surface area contributed by atoms with E-state index in [1.54, 1.807) is 12.1 Å². The number of carbonyl (C=O) groups excluding carboxylic acids is 4. The molecule has 142 valence electrons. The SMILES string of the molecule is CCN(CCC(=O)Nc1ccc(C(N)=O)cc1)C(=O)c1cc(C(C)=O)c[nH]1. The second kappa shape index (κ2) is 8.79. The van der Waals surface area contributed by atoms with Crippen molar-refractivity contribution in [1.29, 1.82) is 0 Å². The summed E-state index contributed by atoms with van der Waals surface area (Å²) in [5.74, 6) is -1.20. The molecule has 0 aliphatic rings. The first kappa shape index (κ1) is 19.9. The zero-order chi connectivity index (χ0) is 20.0. The number of aromatic nitrogens is 1. The highest BCUT2D eigenvalue weighted by atomic mass is 16.2. The lowest BCUT2D eigenvalue weighted by molar-refractivity contribution is -0.116. The Kier molecular flexibility index (Phi) is 6.48. The van der Waals surface area contributed by atoms with Crippen LogP contribution in [-0.4, -0.2) is 46.5 Å². The van der Waals surface area contributed by atoms with Gasteiger partial charge in [0.2, 0.25) is 11.8 Å². The van der Waals surface area contributed by atoms with Gasteiger partial charge in [-0.3, -0.25) is 19.2 Å². The number of H-pyrrole nitrogens is 1. The minimum atomic E-state index is -0.540. The van der Waals surface area contributed by atoms with E-state index in [9.17, 15) is 19.2 Å². The molecule has 8 nitrogen and oxygen atoms in total. The van der Waals surface area contributed by atoms with Gasteiger partial charge in [-0.1, -0.05) is 0 Å². The van der Waals surface area contributed by atoms with Crippen LogP contribution in [0.15, 0.2) is 36.5 Å². The maximum atomic E-state index is 12.5. The maximum absolute atomic E-state index is 12.5. The van der Waals surface area contributed by atoms with Gasteiger partial charge in [0.25, 0.3) is 5.91 Å². The van der Waals surface area contributed by atoms with Crippen LogP contribution in [0.25, 0.3) is 0 Å². The molecular weight excluding hydrogens is 348 g/mol. The molecule has 1 heterocycles. The van der Waals surface area contributed by atoms with Gasteiger partial charge in [-0.25, -0.2) is 0 Å². The first-order valence-corrected chi connectivity index (χ1v) is 8.50. The molecule has 1 aromatic carbocycles. The summed E-state index contributed by atoms with van der Waals surface area (Å²) in [6, 6.07) is 7.73. The van der Waals surface area contributed by atoms with E-state index in [1.165, 1.54) is 36.2 Å². The molecule has 2 aromatic rings. The first-order chi connectivity index (χ1) is 12.8. The fourth-order valence-electron chi connectivity index (χ4n) is 2.47. The largest absolute Gasteiger partial charge is 0.366 e. The molecule has 3 amide bonds. The summed E-state index contributed by atoms with van der Waals surface area (Å²) >= 11 is 0. The van der Waals surface area contributed by atoms with Crippen molar-refractivity contribution in [2.24, 2.45) is 5.73 Å². The number of anilines is 1. The Balaban J connectivity index is 1.92. The average Bonchev–Trinajstić information content (AvgIpc) is 3.13.